The fraction of sp³-hybridized carbons (Fsp3) is 0.211. The molecule has 0 spiro atoms. The minimum absolute atomic E-state index is 0.0180. The molecule has 3 aromatic rings. The quantitative estimate of drug-likeness (QED) is 0.766. The molecule has 0 bridgehead atoms. The number of alkyl carbamates (subject to hydrolysis) is 1. The maximum Gasteiger partial charge on any atom is 0.407 e. The lowest BCUT2D eigenvalue weighted by atomic mass is 10.1. The normalized spacial score (nSPS) is 16.3. The zero-order chi connectivity index (χ0) is 15.6. The molecule has 2 aromatic carbocycles. The van der Waals surface area contributed by atoms with E-state index in [0.717, 1.165) is 23.9 Å². The van der Waals surface area contributed by atoms with Gasteiger partial charge in [-0.05, 0) is 24.5 Å². The van der Waals surface area contributed by atoms with Gasteiger partial charge in [0.15, 0.2) is 0 Å². The highest BCUT2D eigenvalue weighted by atomic mass is 16.5. The molecule has 1 aliphatic rings. The number of benzene rings is 2. The number of para-hydroxylation sites is 1. The molecule has 0 saturated heterocycles. The molecule has 1 unspecified atom stereocenters. The Labute approximate surface area is 134 Å². The molecule has 0 saturated carbocycles. The summed E-state index contributed by atoms with van der Waals surface area (Å²) in [4.78, 5) is 15.5. The van der Waals surface area contributed by atoms with Gasteiger partial charge in [-0.1, -0.05) is 48.5 Å². The molecule has 1 aliphatic carbocycles. The van der Waals surface area contributed by atoms with Gasteiger partial charge in [-0.25, -0.2) is 4.79 Å². The Morgan fingerprint density at radius 3 is 2.78 bits per heavy atom. The van der Waals surface area contributed by atoms with Crippen molar-refractivity contribution in [3.8, 4) is 0 Å². The van der Waals surface area contributed by atoms with Gasteiger partial charge in [0.05, 0.1) is 6.04 Å². The van der Waals surface area contributed by atoms with Crippen LogP contribution in [0, 0.1) is 0 Å². The highest BCUT2D eigenvalue weighted by Gasteiger charge is 2.28. The van der Waals surface area contributed by atoms with Crippen LogP contribution in [-0.4, -0.2) is 11.1 Å². The van der Waals surface area contributed by atoms with Crippen LogP contribution in [0.15, 0.2) is 54.6 Å². The molecule has 116 valence electrons. The summed E-state index contributed by atoms with van der Waals surface area (Å²) >= 11 is 0. The van der Waals surface area contributed by atoms with Crippen molar-refractivity contribution >= 4 is 17.0 Å². The average Bonchev–Trinajstić information content (AvgIpc) is 3.14. The molecule has 4 rings (SSSR count). The molecular formula is C19H18N2O2. The lowest BCUT2D eigenvalue weighted by Crippen LogP contribution is -2.27. The summed E-state index contributed by atoms with van der Waals surface area (Å²) in [7, 11) is 0. The summed E-state index contributed by atoms with van der Waals surface area (Å²) in [6.45, 7) is 0.292. The number of fused-ring (bicyclic) bond motifs is 3. The fourth-order valence-electron chi connectivity index (χ4n) is 3.30. The third kappa shape index (κ3) is 2.68. The van der Waals surface area contributed by atoms with Gasteiger partial charge in [0, 0.05) is 22.2 Å². The summed E-state index contributed by atoms with van der Waals surface area (Å²) in [6, 6.07) is 17.9. The van der Waals surface area contributed by atoms with Crippen molar-refractivity contribution in [2.75, 3.05) is 0 Å². The Morgan fingerprint density at radius 2 is 1.91 bits per heavy atom. The van der Waals surface area contributed by atoms with Gasteiger partial charge in [0.1, 0.15) is 6.61 Å². The number of hydrogen-bond donors (Lipinski definition) is 2. The first kappa shape index (κ1) is 13.9. The van der Waals surface area contributed by atoms with E-state index in [2.05, 4.69) is 22.4 Å². The Morgan fingerprint density at radius 1 is 1.13 bits per heavy atom. The monoisotopic (exact) mass is 306 g/mol. The Balaban J connectivity index is 1.46. The number of H-pyrrole nitrogens is 1. The maximum absolute atomic E-state index is 12.1. The van der Waals surface area contributed by atoms with Crippen molar-refractivity contribution in [3.63, 3.8) is 0 Å². The minimum atomic E-state index is -0.364. The first-order valence-corrected chi connectivity index (χ1v) is 7.88. The van der Waals surface area contributed by atoms with E-state index in [1.165, 1.54) is 16.6 Å². The number of carbonyl (C=O) groups excluding carboxylic acids is 1. The van der Waals surface area contributed by atoms with Crippen molar-refractivity contribution in [1.29, 1.82) is 0 Å². The Kier molecular flexibility index (Phi) is 3.50. The van der Waals surface area contributed by atoms with Crippen LogP contribution in [0.3, 0.4) is 0 Å². The number of ether oxygens (including phenoxy) is 1. The van der Waals surface area contributed by atoms with Crippen LogP contribution >= 0.6 is 0 Å². The SMILES string of the molecule is O=C(NC1CCc2[nH]c3ccccc3c21)OCc1ccccc1. The average molecular weight is 306 g/mol. The van der Waals surface area contributed by atoms with Crippen molar-refractivity contribution in [2.24, 2.45) is 0 Å². The van der Waals surface area contributed by atoms with Crippen LogP contribution in [0.5, 0.6) is 0 Å². The van der Waals surface area contributed by atoms with Gasteiger partial charge < -0.3 is 15.0 Å². The van der Waals surface area contributed by atoms with Gasteiger partial charge in [-0.15, -0.1) is 0 Å². The molecule has 1 aromatic heterocycles. The first-order chi connectivity index (χ1) is 11.3. The Hall–Kier alpha value is -2.75. The summed E-state index contributed by atoms with van der Waals surface area (Å²) in [5.74, 6) is 0. The second-order valence-electron chi connectivity index (χ2n) is 5.86. The number of rotatable bonds is 3. The van der Waals surface area contributed by atoms with Crippen LogP contribution in [0.1, 0.15) is 29.3 Å². The van der Waals surface area contributed by atoms with Gasteiger partial charge in [0.25, 0.3) is 0 Å². The fourth-order valence-corrected chi connectivity index (χ4v) is 3.30. The standard InChI is InChI=1S/C19H18N2O2/c22-19(23-12-13-6-2-1-3-7-13)21-17-11-10-16-18(17)14-8-4-5-9-15(14)20-16/h1-9,17,20H,10-12H2,(H,21,22). The van der Waals surface area contributed by atoms with E-state index < -0.39 is 0 Å². The molecule has 1 heterocycles. The van der Waals surface area contributed by atoms with Gasteiger partial charge in [0.2, 0.25) is 0 Å². The van der Waals surface area contributed by atoms with Gasteiger partial charge in [-0.3, -0.25) is 0 Å². The molecule has 1 atom stereocenters. The topological polar surface area (TPSA) is 54.1 Å². The molecule has 4 heteroatoms. The van der Waals surface area contributed by atoms with E-state index in [1.807, 2.05) is 42.5 Å². The molecule has 4 nitrogen and oxygen atoms in total. The van der Waals surface area contributed by atoms with Crippen molar-refractivity contribution in [3.05, 3.63) is 71.4 Å². The Bertz CT molecular complexity index is 839. The largest absolute Gasteiger partial charge is 0.445 e. The molecule has 23 heavy (non-hydrogen) atoms. The second-order valence-corrected chi connectivity index (χ2v) is 5.86. The van der Waals surface area contributed by atoms with E-state index in [1.54, 1.807) is 0 Å². The number of aromatic nitrogens is 1. The second kappa shape index (κ2) is 5.80. The van der Waals surface area contributed by atoms with E-state index in [0.29, 0.717) is 6.61 Å². The van der Waals surface area contributed by atoms with Crippen molar-refractivity contribution < 1.29 is 9.53 Å². The van der Waals surface area contributed by atoms with Crippen LogP contribution in [0.25, 0.3) is 10.9 Å². The summed E-state index contributed by atoms with van der Waals surface area (Å²) in [6.07, 6.45) is 1.50. The van der Waals surface area contributed by atoms with Crippen molar-refractivity contribution in [1.82, 2.24) is 10.3 Å². The lowest BCUT2D eigenvalue weighted by molar-refractivity contribution is 0.135. The lowest BCUT2D eigenvalue weighted by Gasteiger charge is -2.14. The smallest absolute Gasteiger partial charge is 0.407 e. The highest BCUT2D eigenvalue weighted by Crippen LogP contribution is 2.36. The molecular weight excluding hydrogens is 288 g/mol. The molecule has 0 fully saturated rings. The zero-order valence-corrected chi connectivity index (χ0v) is 12.7. The number of aryl methyl sites for hydroxylation is 1. The predicted octanol–water partition coefficient (Wildman–Crippen LogP) is 4.08. The third-order valence-electron chi connectivity index (χ3n) is 4.36. The van der Waals surface area contributed by atoms with E-state index in [4.69, 9.17) is 4.74 Å². The third-order valence-corrected chi connectivity index (χ3v) is 4.36. The van der Waals surface area contributed by atoms with Crippen LogP contribution in [-0.2, 0) is 17.8 Å². The molecule has 1 amide bonds. The first-order valence-electron chi connectivity index (χ1n) is 7.88. The van der Waals surface area contributed by atoms with Crippen LogP contribution < -0.4 is 5.32 Å². The van der Waals surface area contributed by atoms with E-state index in [-0.39, 0.29) is 12.1 Å². The number of nitrogens with one attached hydrogen (secondary N) is 2. The molecule has 2 N–H and O–H groups in total. The number of hydrogen-bond acceptors (Lipinski definition) is 2. The number of carbonyl (C=O) groups is 1. The molecule has 0 radical (unpaired) electrons. The van der Waals surface area contributed by atoms with E-state index >= 15 is 0 Å². The van der Waals surface area contributed by atoms with Gasteiger partial charge >= 0.3 is 6.09 Å². The van der Waals surface area contributed by atoms with Gasteiger partial charge in [-0.2, -0.15) is 0 Å². The van der Waals surface area contributed by atoms with Crippen LogP contribution in [0.4, 0.5) is 4.79 Å². The molecule has 0 aliphatic heterocycles. The summed E-state index contributed by atoms with van der Waals surface area (Å²) in [5.41, 5.74) is 4.54. The minimum Gasteiger partial charge on any atom is -0.445 e. The summed E-state index contributed by atoms with van der Waals surface area (Å²) in [5, 5.41) is 4.19. The zero-order valence-electron chi connectivity index (χ0n) is 12.7. The maximum atomic E-state index is 12.1. The predicted molar refractivity (Wildman–Crippen MR) is 89.1 cm³/mol. The number of amides is 1. The highest BCUT2D eigenvalue weighted by molar-refractivity contribution is 5.86. The summed E-state index contributed by atoms with van der Waals surface area (Å²) < 4.78 is 5.33. The van der Waals surface area contributed by atoms with Crippen LogP contribution in [0.2, 0.25) is 0 Å². The van der Waals surface area contributed by atoms with Crippen molar-refractivity contribution in [2.45, 2.75) is 25.5 Å². The number of aromatic amines is 1. The van der Waals surface area contributed by atoms with E-state index in [9.17, 15) is 4.79 Å².